The van der Waals surface area contributed by atoms with Crippen molar-refractivity contribution in [3.8, 4) is 0 Å². The number of nitrogens with zero attached hydrogens (tertiary/aromatic N) is 2. The van der Waals surface area contributed by atoms with E-state index in [4.69, 9.17) is 16.3 Å². The van der Waals surface area contributed by atoms with Crippen LogP contribution in [0.2, 0.25) is 5.02 Å². The van der Waals surface area contributed by atoms with E-state index in [9.17, 15) is 9.18 Å². The predicted molar refractivity (Wildman–Crippen MR) is 91.9 cm³/mol. The van der Waals surface area contributed by atoms with Gasteiger partial charge in [-0.3, -0.25) is 4.79 Å². The van der Waals surface area contributed by atoms with Crippen LogP contribution in [0, 0.1) is 11.7 Å². The molecule has 3 rings (SSSR count). The van der Waals surface area contributed by atoms with E-state index in [1.807, 2.05) is 0 Å². The summed E-state index contributed by atoms with van der Waals surface area (Å²) in [5.74, 6) is -0.112. The Morgan fingerprint density at radius 3 is 2.92 bits per heavy atom. The van der Waals surface area contributed by atoms with Gasteiger partial charge in [-0.1, -0.05) is 11.6 Å². The Morgan fingerprint density at radius 2 is 2.17 bits per heavy atom. The number of amides is 1. The average molecular weight is 355 g/mol. The molecule has 2 saturated heterocycles. The van der Waals surface area contributed by atoms with Gasteiger partial charge in [-0.25, -0.2) is 4.39 Å². The van der Waals surface area contributed by atoms with Gasteiger partial charge in [0.25, 0.3) is 5.91 Å². The molecule has 0 bridgehead atoms. The third kappa shape index (κ3) is 4.47. The van der Waals surface area contributed by atoms with Crippen LogP contribution in [0.15, 0.2) is 18.2 Å². The molecule has 0 aliphatic carbocycles. The van der Waals surface area contributed by atoms with Crippen LogP contribution in [0.5, 0.6) is 0 Å². The minimum atomic E-state index is -0.546. The minimum Gasteiger partial charge on any atom is -0.381 e. The second kappa shape index (κ2) is 8.28. The van der Waals surface area contributed by atoms with Crippen molar-refractivity contribution in [2.75, 3.05) is 45.9 Å². The zero-order valence-electron chi connectivity index (χ0n) is 13.8. The van der Waals surface area contributed by atoms with E-state index in [2.05, 4.69) is 4.90 Å². The first kappa shape index (κ1) is 17.6. The summed E-state index contributed by atoms with van der Waals surface area (Å²) in [6.45, 7) is 5.96. The number of carbonyl (C=O) groups excluding carboxylic acids is 1. The monoisotopic (exact) mass is 354 g/mol. The molecule has 24 heavy (non-hydrogen) atoms. The fourth-order valence-corrected chi connectivity index (χ4v) is 3.57. The van der Waals surface area contributed by atoms with E-state index >= 15 is 0 Å². The number of carbonyl (C=O) groups is 1. The number of benzene rings is 1. The molecule has 0 spiro atoms. The van der Waals surface area contributed by atoms with Crippen molar-refractivity contribution >= 4 is 17.5 Å². The Hall–Kier alpha value is -1.17. The molecule has 0 N–H and O–H groups in total. The highest BCUT2D eigenvalue weighted by molar-refractivity contribution is 6.30. The summed E-state index contributed by atoms with van der Waals surface area (Å²) in [6.07, 6.45) is 3.23. The van der Waals surface area contributed by atoms with Crippen LogP contribution < -0.4 is 0 Å². The lowest BCUT2D eigenvalue weighted by molar-refractivity contribution is 0.0756. The fourth-order valence-electron chi connectivity index (χ4n) is 3.41. The Morgan fingerprint density at radius 1 is 1.29 bits per heavy atom. The van der Waals surface area contributed by atoms with Gasteiger partial charge in [0.2, 0.25) is 0 Å². The van der Waals surface area contributed by atoms with Crippen LogP contribution in [0.25, 0.3) is 0 Å². The molecule has 1 unspecified atom stereocenters. The largest absolute Gasteiger partial charge is 0.381 e. The summed E-state index contributed by atoms with van der Waals surface area (Å²) in [4.78, 5) is 16.7. The van der Waals surface area contributed by atoms with Gasteiger partial charge in [0.15, 0.2) is 0 Å². The number of halogens is 2. The molecule has 2 aliphatic heterocycles. The van der Waals surface area contributed by atoms with E-state index in [1.165, 1.54) is 12.1 Å². The van der Waals surface area contributed by atoms with Crippen molar-refractivity contribution in [2.24, 2.45) is 5.92 Å². The number of hydrogen-bond donors (Lipinski definition) is 0. The second-order valence-corrected chi connectivity index (χ2v) is 7.07. The zero-order valence-corrected chi connectivity index (χ0v) is 14.6. The van der Waals surface area contributed by atoms with Crippen molar-refractivity contribution in [3.63, 3.8) is 0 Å². The molecule has 2 aliphatic rings. The number of rotatable bonds is 4. The average Bonchev–Trinajstić information content (AvgIpc) is 2.97. The molecular formula is C18H24ClFN2O2. The summed E-state index contributed by atoms with van der Waals surface area (Å²) in [5.41, 5.74) is 0.107. The summed E-state index contributed by atoms with van der Waals surface area (Å²) in [6, 6.07) is 4.23. The fraction of sp³-hybridized carbons (Fsp3) is 0.611. The molecule has 1 atom stereocenters. The number of hydrogen-bond acceptors (Lipinski definition) is 3. The molecule has 2 heterocycles. The van der Waals surface area contributed by atoms with Crippen LogP contribution in [-0.4, -0.2) is 61.6 Å². The lowest BCUT2D eigenvalue weighted by Crippen LogP contribution is -2.36. The molecule has 0 aromatic heterocycles. The van der Waals surface area contributed by atoms with Gasteiger partial charge in [-0.15, -0.1) is 0 Å². The Balaban J connectivity index is 1.53. The Labute approximate surface area is 147 Å². The van der Waals surface area contributed by atoms with Crippen molar-refractivity contribution < 1.29 is 13.9 Å². The molecule has 0 saturated carbocycles. The van der Waals surface area contributed by atoms with Crippen LogP contribution in [-0.2, 0) is 4.74 Å². The van der Waals surface area contributed by atoms with Crippen molar-refractivity contribution in [2.45, 2.75) is 19.3 Å². The Bertz CT molecular complexity index is 578. The highest BCUT2D eigenvalue weighted by Gasteiger charge is 2.23. The molecule has 132 valence electrons. The second-order valence-electron chi connectivity index (χ2n) is 6.63. The van der Waals surface area contributed by atoms with Crippen LogP contribution >= 0.6 is 11.6 Å². The maximum Gasteiger partial charge on any atom is 0.256 e. The lowest BCUT2D eigenvalue weighted by atomic mass is 10.1. The third-order valence-corrected chi connectivity index (χ3v) is 5.15. The van der Waals surface area contributed by atoms with Gasteiger partial charge in [0.1, 0.15) is 5.82 Å². The lowest BCUT2D eigenvalue weighted by Gasteiger charge is -2.23. The maximum absolute atomic E-state index is 14.0. The van der Waals surface area contributed by atoms with E-state index in [0.29, 0.717) is 24.0 Å². The molecule has 0 radical (unpaired) electrons. The van der Waals surface area contributed by atoms with E-state index < -0.39 is 5.82 Å². The summed E-state index contributed by atoms with van der Waals surface area (Å²) >= 11 is 5.76. The van der Waals surface area contributed by atoms with Crippen LogP contribution in [0.3, 0.4) is 0 Å². The van der Waals surface area contributed by atoms with Gasteiger partial charge in [0.05, 0.1) is 5.56 Å². The molecule has 1 amide bonds. The van der Waals surface area contributed by atoms with Gasteiger partial charge in [-0.05, 0) is 56.5 Å². The zero-order chi connectivity index (χ0) is 16.9. The maximum atomic E-state index is 14.0. The van der Waals surface area contributed by atoms with Crippen LogP contribution in [0.4, 0.5) is 4.39 Å². The summed E-state index contributed by atoms with van der Waals surface area (Å²) in [7, 11) is 0. The van der Waals surface area contributed by atoms with E-state index in [1.54, 1.807) is 11.0 Å². The van der Waals surface area contributed by atoms with Gasteiger partial charge < -0.3 is 14.5 Å². The molecule has 1 aromatic rings. The van der Waals surface area contributed by atoms with E-state index in [-0.39, 0.29) is 11.5 Å². The first-order chi connectivity index (χ1) is 11.6. The van der Waals surface area contributed by atoms with Crippen molar-refractivity contribution in [1.29, 1.82) is 0 Å². The number of ether oxygens (including phenoxy) is 1. The molecule has 1 aromatic carbocycles. The first-order valence-corrected chi connectivity index (χ1v) is 9.05. The summed E-state index contributed by atoms with van der Waals surface area (Å²) in [5, 5.41) is 0.307. The van der Waals surface area contributed by atoms with Crippen LogP contribution in [0.1, 0.15) is 29.6 Å². The van der Waals surface area contributed by atoms with Crippen molar-refractivity contribution in [1.82, 2.24) is 9.80 Å². The predicted octanol–water partition coefficient (Wildman–Crippen LogP) is 3.05. The molecular weight excluding hydrogens is 331 g/mol. The quantitative estimate of drug-likeness (QED) is 0.833. The Kier molecular flexibility index (Phi) is 6.09. The smallest absolute Gasteiger partial charge is 0.256 e. The van der Waals surface area contributed by atoms with Gasteiger partial charge in [-0.2, -0.15) is 0 Å². The molecule has 6 heteroatoms. The minimum absolute atomic E-state index is 0.107. The standard InChI is InChI=1S/C18H24ClFN2O2/c19-15-2-3-16(17(20)12-15)18(23)22-7-1-6-21(9-10-22)8-4-14-5-11-24-13-14/h2-3,12,14H,1,4-11,13H2. The normalized spacial score (nSPS) is 22.6. The highest BCUT2D eigenvalue weighted by atomic mass is 35.5. The van der Waals surface area contributed by atoms with Crippen molar-refractivity contribution in [3.05, 3.63) is 34.6 Å². The SMILES string of the molecule is O=C(c1ccc(Cl)cc1F)N1CCCN(CCC2CCOC2)CC1. The first-order valence-electron chi connectivity index (χ1n) is 8.68. The topological polar surface area (TPSA) is 32.8 Å². The summed E-state index contributed by atoms with van der Waals surface area (Å²) < 4.78 is 19.4. The molecule has 2 fully saturated rings. The third-order valence-electron chi connectivity index (χ3n) is 4.91. The molecule has 4 nitrogen and oxygen atoms in total. The van der Waals surface area contributed by atoms with Gasteiger partial charge in [0, 0.05) is 37.9 Å². The van der Waals surface area contributed by atoms with Gasteiger partial charge >= 0.3 is 0 Å². The van der Waals surface area contributed by atoms with E-state index in [0.717, 1.165) is 52.1 Å². The highest BCUT2D eigenvalue weighted by Crippen LogP contribution is 2.19.